The summed E-state index contributed by atoms with van der Waals surface area (Å²) in [6.45, 7) is 4.04. The largest absolute Gasteiger partial charge is 0.496 e. The van der Waals surface area contributed by atoms with Crippen LogP contribution < -0.4 is 10.1 Å². The van der Waals surface area contributed by atoms with Gasteiger partial charge in [-0.3, -0.25) is 9.78 Å². The van der Waals surface area contributed by atoms with Crippen molar-refractivity contribution < 1.29 is 14.6 Å². The van der Waals surface area contributed by atoms with Gasteiger partial charge in [-0.15, -0.1) is 0 Å². The molecule has 2 rings (SSSR count). The van der Waals surface area contributed by atoms with Gasteiger partial charge in [0.25, 0.3) is 5.91 Å². The van der Waals surface area contributed by atoms with Crippen LogP contribution in [0.4, 0.5) is 0 Å². The summed E-state index contributed by atoms with van der Waals surface area (Å²) in [6, 6.07) is 10.8. The zero-order valence-corrected chi connectivity index (χ0v) is 14.4. The van der Waals surface area contributed by atoms with Gasteiger partial charge in [0.05, 0.1) is 18.4 Å². The molecule has 0 bridgehead atoms. The molecule has 0 unspecified atom stereocenters. The van der Waals surface area contributed by atoms with E-state index in [1.54, 1.807) is 31.5 Å². The second kappa shape index (κ2) is 7.93. The lowest BCUT2D eigenvalue weighted by molar-refractivity contribution is 0.0314. The van der Waals surface area contributed by atoms with Crippen molar-refractivity contribution >= 4 is 5.91 Å². The van der Waals surface area contributed by atoms with Crippen LogP contribution >= 0.6 is 0 Å². The highest BCUT2D eigenvalue weighted by molar-refractivity contribution is 5.96. The van der Waals surface area contributed by atoms with Crippen molar-refractivity contribution in [2.45, 2.75) is 32.3 Å². The number of methoxy groups -OCH3 is 1. The third-order valence-corrected chi connectivity index (χ3v) is 4.30. The number of carbonyl (C=O) groups excluding carboxylic acids is 1. The molecule has 0 spiro atoms. The Bertz CT molecular complexity index is 682. The van der Waals surface area contributed by atoms with E-state index in [0.717, 1.165) is 11.3 Å². The van der Waals surface area contributed by atoms with Gasteiger partial charge in [0.2, 0.25) is 0 Å². The van der Waals surface area contributed by atoms with E-state index in [0.29, 0.717) is 24.2 Å². The summed E-state index contributed by atoms with van der Waals surface area (Å²) in [5.74, 6) is 0.430. The number of ether oxygens (including phenoxy) is 1. The molecular formula is C19H24N2O3. The highest BCUT2D eigenvalue weighted by atomic mass is 16.5. The predicted molar refractivity (Wildman–Crippen MR) is 94.1 cm³/mol. The fourth-order valence-corrected chi connectivity index (χ4v) is 2.42. The van der Waals surface area contributed by atoms with Gasteiger partial charge in [0, 0.05) is 23.9 Å². The zero-order chi connectivity index (χ0) is 17.6. The Morgan fingerprint density at radius 1 is 1.25 bits per heavy atom. The van der Waals surface area contributed by atoms with Crippen molar-refractivity contribution in [1.82, 2.24) is 10.3 Å². The van der Waals surface area contributed by atoms with Gasteiger partial charge in [-0.2, -0.15) is 0 Å². The first-order chi connectivity index (χ1) is 11.5. The van der Waals surface area contributed by atoms with E-state index in [1.165, 1.54) is 0 Å². The van der Waals surface area contributed by atoms with Crippen LogP contribution in [0.2, 0.25) is 0 Å². The van der Waals surface area contributed by atoms with Crippen molar-refractivity contribution in [2.75, 3.05) is 13.7 Å². The van der Waals surface area contributed by atoms with Gasteiger partial charge in [-0.1, -0.05) is 19.9 Å². The molecule has 0 saturated carbocycles. The fourth-order valence-electron chi connectivity index (χ4n) is 2.42. The van der Waals surface area contributed by atoms with Gasteiger partial charge in [-0.25, -0.2) is 0 Å². The van der Waals surface area contributed by atoms with Crippen LogP contribution in [-0.4, -0.2) is 35.3 Å². The first-order valence-electron chi connectivity index (χ1n) is 8.13. The second-order valence-corrected chi connectivity index (χ2v) is 5.74. The molecule has 5 nitrogen and oxygen atoms in total. The van der Waals surface area contributed by atoms with E-state index < -0.39 is 5.60 Å². The van der Waals surface area contributed by atoms with E-state index in [9.17, 15) is 9.90 Å². The van der Waals surface area contributed by atoms with Gasteiger partial charge in [0.15, 0.2) is 0 Å². The normalized spacial score (nSPS) is 11.2. The number of nitrogens with zero attached hydrogens (tertiary/aromatic N) is 1. The molecule has 0 saturated heterocycles. The predicted octanol–water partition coefficient (Wildman–Crippen LogP) is 3.04. The van der Waals surface area contributed by atoms with Crippen LogP contribution in [0.15, 0.2) is 42.6 Å². The van der Waals surface area contributed by atoms with Crippen molar-refractivity contribution in [3.05, 3.63) is 48.2 Å². The smallest absolute Gasteiger partial charge is 0.251 e. The lowest BCUT2D eigenvalue weighted by Crippen LogP contribution is -2.42. The van der Waals surface area contributed by atoms with Gasteiger partial charge < -0.3 is 15.2 Å². The molecule has 5 heteroatoms. The zero-order valence-electron chi connectivity index (χ0n) is 14.4. The number of nitrogens with one attached hydrogen (secondary N) is 1. The van der Waals surface area contributed by atoms with Crippen molar-refractivity contribution in [2.24, 2.45) is 0 Å². The molecule has 1 aromatic heterocycles. The van der Waals surface area contributed by atoms with Crippen LogP contribution in [0.3, 0.4) is 0 Å². The van der Waals surface area contributed by atoms with E-state index in [4.69, 9.17) is 4.74 Å². The number of aliphatic hydroxyl groups is 1. The number of carbonyl (C=O) groups is 1. The number of hydrogen-bond acceptors (Lipinski definition) is 4. The summed E-state index contributed by atoms with van der Waals surface area (Å²) in [4.78, 5) is 16.7. The van der Waals surface area contributed by atoms with E-state index in [2.05, 4.69) is 10.3 Å². The maximum atomic E-state index is 12.4. The van der Waals surface area contributed by atoms with Crippen LogP contribution in [0.1, 0.15) is 37.0 Å². The monoisotopic (exact) mass is 328 g/mol. The van der Waals surface area contributed by atoms with Crippen molar-refractivity contribution in [3.8, 4) is 17.0 Å². The van der Waals surface area contributed by atoms with E-state index >= 15 is 0 Å². The molecule has 0 radical (unpaired) electrons. The number of amides is 1. The van der Waals surface area contributed by atoms with Crippen LogP contribution in [0.25, 0.3) is 11.3 Å². The SMILES string of the molecule is CCC(O)(CC)CNC(=O)c1ccc(OC)c(-c2ccccn2)c1. The maximum absolute atomic E-state index is 12.4. The Hall–Kier alpha value is -2.40. The molecule has 0 atom stereocenters. The molecule has 2 N–H and O–H groups in total. The Morgan fingerprint density at radius 3 is 2.58 bits per heavy atom. The summed E-state index contributed by atoms with van der Waals surface area (Å²) < 4.78 is 5.37. The number of hydrogen-bond donors (Lipinski definition) is 2. The van der Waals surface area contributed by atoms with Gasteiger partial charge in [0.1, 0.15) is 5.75 Å². The minimum atomic E-state index is -0.869. The van der Waals surface area contributed by atoms with Gasteiger partial charge >= 0.3 is 0 Å². The number of benzene rings is 1. The second-order valence-electron chi connectivity index (χ2n) is 5.74. The van der Waals surface area contributed by atoms with Crippen LogP contribution in [0.5, 0.6) is 5.75 Å². The molecule has 0 aliphatic carbocycles. The molecule has 2 aromatic rings. The summed E-state index contributed by atoms with van der Waals surface area (Å²) in [7, 11) is 1.59. The minimum absolute atomic E-state index is 0.226. The quantitative estimate of drug-likeness (QED) is 0.819. The topological polar surface area (TPSA) is 71.5 Å². The lowest BCUT2D eigenvalue weighted by atomic mass is 9.97. The molecule has 1 aromatic carbocycles. The van der Waals surface area contributed by atoms with Crippen LogP contribution in [-0.2, 0) is 0 Å². The average molecular weight is 328 g/mol. The summed E-state index contributed by atoms with van der Waals surface area (Å²) >= 11 is 0. The Morgan fingerprint density at radius 2 is 2.00 bits per heavy atom. The van der Waals surface area contributed by atoms with E-state index in [1.807, 2.05) is 32.0 Å². The minimum Gasteiger partial charge on any atom is -0.496 e. The number of rotatable bonds is 7. The molecular weight excluding hydrogens is 304 g/mol. The highest BCUT2D eigenvalue weighted by Crippen LogP contribution is 2.29. The molecule has 128 valence electrons. The third-order valence-electron chi connectivity index (χ3n) is 4.30. The maximum Gasteiger partial charge on any atom is 0.251 e. The number of pyridine rings is 1. The molecule has 0 aliphatic rings. The molecule has 1 heterocycles. The Balaban J connectivity index is 2.24. The summed E-state index contributed by atoms with van der Waals surface area (Å²) in [5.41, 5.74) is 1.13. The summed E-state index contributed by atoms with van der Waals surface area (Å²) in [6.07, 6.45) is 2.88. The standard InChI is InChI=1S/C19H24N2O3/c1-4-19(23,5-2)13-21-18(22)14-9-10-17(24-3)15(12-14)16-8-6-7-11-20-16/h6-12,23H,4-5,13H2,1-3H3,(H,21,22). The molecule has 24 heavy (non-hydrogen) atoms. The highest BCUT2D eigenvalue weighted by Gasteiger charge is 2.23. The average Bonchev–Trinajstić information content (AvgIpc) is 2.66. The van der Waals surface area contributed by atoms with Gasteiger partial charge in [-0.05, 0) is 43.2 Å². The first kappa shape index (κ1) is 17.9. The summed E-state index contributed by atoms with van der Waals surface area (Å²) in [5, 5.41) is 13.1. The third kappa shape index (κ3) is 4.11. The number of aromatic nitrogens is 1. The van der Waals surface area contributed by atoms with Crippen molar-refractivity contribution in [3.63, 3.8) is 0 Å². The lowest BCUT2D eigenvalue weighted by Gasteiger charge is -2.25. The first-order valence-corrected chi connectivity index (χ1v) is 8.13. The van der Waals surface area contributed by atoms with Crippen LogP contribution in [0, 0.1) is 0 Å². The molecule has 0 fully saturated rings. The Labute approximate surface area is 142 Å². The molecule has 0 aliphatic heterocycles. The Kier molecular flexibility index (Phi) is 5.93. The van der Waals surface area contributed by atoms with Crippen molar-refractivity contribution in [1.29, 1.82) is 0 Å². The molecule has 1 amide bonds. The van der Waals surface area contributed by atoms with E-state index in [-0.39, 0.29) is 12.5 Å². The fraction of sp³-hybridized carbons (Fsp3) is 0.368.